The predicted octanol–water partition coefficient (Wildman–Crippen LogP) is 16.5. The summed E-state index contributed by atoms with van der Waals surface area (Å²) >= 11 is 0. The molecule has 139 heavy (non-hydrogen) atoms. The van der Waals surface area contributed by atoms with Crippen molar-refractivity contribution in [1.82, 2.24) is 97.3 Å². The third kappa shape index (κ3) is 17.5. The number of hydrogen-bond acceptors (Lipinski definition) is 24. The van der Waals surface area contributed by atoms with E-state index in [0.29, 0.717) is 95.5 Å². The van der Waals surface area contributed by atoms with Gasteiger partial charge in [-0.2, -0.15) is 20.4 Å². The Balaban J connectivity index is 0.000000118. The molecule has 3 aliphatic rings. The predicted molar refractivity (Wildman–Crippen MR) is 530 cm³/mol. The van der Waals surface area contributed by atoms with Crippen LogP contribution in [-0.4, -0.2) is 124 Å². The summed E-state index contributed by atoms with van der Waals surface area (Å²) in [4.78, 5) is 88.7. The fraction of sp³-hybridized carbons (Fsp3) is 0.269. The van der Waals surface area contributed by atoms with Crippen LogP contribution in [0.5, 0.6) is 17.2 Å². The molecule has 12 N–H and O–H groups in total. The van der Waals surface area contributed by atoms with Crippen molar-refractivity contribution in [2.75, 3.05) is 22.9 Å². The zero-order valence-corrected chi connectivity index (χ0v) is 77.3. The smallest absolute Gasteiger partial charge is 0.259 e. The zero-order valence-electron chi connectivity index (χ0n) is 77.3. The Bertz CT molecular complexity index is 8440. The third-order valence-corrected chi connectivity index (χ3v) is 26.5. The highest BCUT2D eigenvalue weighted by Gasteiger charge is 2.31. The van der Waals surface area contributed by atoms with Gasteiger partial charge in [-0.3, -0.25) is 19.2 Å². The maximum Gasteiger partial charge on any atom is 0.259 e. The summed E-state index contributed by atoms with van der Waals surface area (Å²) in [6.45, 7) is 14.5. The van der Waals surface area contributed by atoms with Crippen LogP contribution < -0.4 is 45.2 Å². The van der Waals surface area contributed by atoms with E-state index in [2.05, 4.69) is 74.0 Å². The fourth-order valence-electron chi connectivity index (χ4n) is 20.3. The number of aromatic hydroxyl groups is 3. The van der Waals surface area contributed by atoms with Gasteiger partial charge in [0.15, 0.2) is 34.2 Å². The van der Waals surface area contributed by atoms with E-state index in [1.807, 2.05) is 140 Å². The lowest BCUT2D eigenvalue weighted by atomic mass is 10.0. The highest BCUT2D eigenvalue weighted by Crippen LogP contribution is 2.41. The Morgan fingerprint density at radius 3 is 1.04 bits per heavy atom. The minimum atomic E-state index is -0.799. The number of phenols is 3. The zero-order chi connectivity index (χ0) is 97.2. The summed E-state index contributed by atoms with van der Waals surface area (Å²) in [6.07, 6.45) is 17.1. The number of nitrogen functional groups attached to an aromatic ring is 4. The van der Waals surface area contributed by atoms with Crippen LogP contribution in [0.15, 0.2) is 196 Å². The number of aliphatic hydroxyl groups is 1. The molecular weight excluding hydrogens is 1770 g/mol. The van der Waals surface area contributed by atoms with Crippen LogP contribution in [0.1, 0.15) is 173 Å². The fourth-order valence-corrected chi connectivity index (χ4v) is 20.3. The van der Waals surface area contributed by atoms with Crippen LogP contribution in [0.25, 0.3) is 121 Å². The number of anilines is 4. The minimum absolute atomic E-state index is 0.00776. The standard InChI is InChI=1S/2C27H25FN6O2.C25H23FN6O2.C25H26N6O2/c1-15-5-4-6-16-10-20(34(27(36)22(15)16)19-7-2-3-8-19)13-33-26-23(25(29)30-14-31-26)24(32-33)17-9-18(28)12-21(35)11-17;1-15-5-4-6-16-11-19(34(27(36)22(15)16)18-7-2-3-8-18)13-33-26-23(25(29)30-14-31-26)24(32-33)17-9-10-20(28)21(35)12-17;1-13(2)32-18(8-15-6-4-5-14(3)20(15)25(32)34)11-31-24-21(23(27)28-12-29-24)22(30-31)16-7-17(26)10-19(33)9-16;1-15-6-5-7-17-12-19(31(25(33)21(15)17)18-8-3-4-9-18)13-30-24-22(23(26)27-14-28-24)20(29-30)11-10-16(2)32/h4-6,9-12,14,19,35H,2-3,7-8,13H2,1H3,(H2,29,30,31);4-6,9-12,14,18,35H,2-3,7-8,13H2,1H3,(H2,29,30,31);4-10,12-13,33H,11H2,1-3H3,(H2,27,28,29);5-7,12,14,16,18,32H,3-4,8-9,13H2,1-2H3,(H2,26,27,28)/t;;;16-/m...1/s1. The monoisotopic (exact) mass is 1870 g/mol. The van der Waals surface area contributed by atoms with Crippen molar-refractivity contribution < 1.29 is 33.6 Å². The molecule has 1 atom stereocenters. The van der Waals surface area contributed by atoms with Crippen molar-refractivity contribution in [3.63, 3.8) is 0 Å². The van der Waals surface area contributed by atoms with Crippen molar-refractivity contribution in [2.24, 2.45) is 0 Å². The van der Waals surface area contributed by atoms with Crippen LogP contribution in [0.4, 0.5) is 36.4 Å². The quantitative estimate of drug-likeness (QED) is 0.0442. The number of pyridine rings is 4. The molecule has 35 heteroatoms. The van der Waals surface area contributed by atoms with Crippen molar-refractivity contribution >= 4 is 110 Å². The number of benzene rings is 7. The van der Waals surface area contributed by atoms with E-state index < -0.39 is 29.3 Å². The van der Waals surface area contributed by atoms with Crippen LogP contribution in [0, 0.1) is 57.0 Å². The first-order valence-electron chi connectivity index (χ1n) is 46.1. The van der Waals surface area contributed by atoms with Gasteiger partial charge >= 0.3 is 0 Å². The van der Waals surface area contributed by atoms with Gasteiger partial charge in [-0.1, -0.05) is 117 Å². The summed E-state index contributed by atoms with van der Waals surface area (Å²) in [7, 11) is 0. The van der Waals surface area contributed by atoms with Crippen molar-refractivity contribution in [2.45, 2.75) is 182 Å². The number of aryl methyl sites for hydroxylation is 4. The molecule has 12 heterocycles. The first-order chi connectivity index (χ1) is 67.0. The molecule has 0 bridgehead atoms. The first-order valence-corrected chi connectivity index (χ1v) is 46.1. The summed E-state index contributed by atoms with van der Waals surface area (Å²) in [5.41, 5.74) is 36.5. The summed E-state index contributed by atoms with van der Waals surface area (Å²) in [5, 5.41) is 66.7. The second-order valence-corrected chi connectivity index (χ2v) is 36.2. The molecule has 22 rings (SSSR count). The van der Waals surface area contributed by atoms with E-state index in [1.54, 1.807) is 30.2 Å². The molecule has 19 aromatic rings. The number of fused-ring (bicyclic) bond motifs is 8. The Morgan fingerprint density at radius 1 is 0.374 bits per heavy atom. The van der Waals surface area contributed by atoms with Crippen LogP contribution in [-0.2, 0) is 26.2 Å². The molecule has 3 saturated carbocycles. The number of nitrogens with zero attached hydrogens (tertiary/aromatic N) is 20. The van der Waals surface area contributed by atoms with E-state index in [9.17, 15) is 52.8 Å². The highest BCUT2D eigenvalue weighted by molar-refractivity contribution is 6.01. The second kappa shape index (κ2) is 37.6. The summed E-state index contributed by atoms with van der Waals surface area (Å²) in [6, 6.07) is 43.4. The molecular formula is C104H99F3N24O8. The number of halogens is 3. The van der Waals surface area contributed by atoms with Crippen molar-refractivity contribution in [3.05, 3.63) is 287 Å². The molecule has 3 aliphatic carbocycles. The Kier molecular flexibility index (Phi) is 24.8. The number of hydrogen-bond donors (Lipinski definition) is 8. The number of nitrogens with two attached hydrogens (primary N) is 4. The number of aliphatic hydroxyl groups excluding tert-OH is 1. The van der Waals surface area contributed by atoms with E-state index in [4.69, 9.17) is 33.1 Å². The normalized spacial score (nSPS) is 13.8. The average molecular weight is 1870 g/mol. The Morgan fingerprint density at radius 2 is 0.698 bits per heavy atom. The van der Waals surface area contributed by atoms with Gasteiger partial charge < -0.3 is 61.6 Å². The maximum atomic E-state index is 14.1. The molecule has 32 nitrogen and oxygen atoms in total. The van der Waals surface area contributed by atoms with E-state index in [-0.39, 0.29) is 101 Å². The lowest BCUT2D eigenvalue weighted by molar-refractivity contribution is 0.253. The largest absolute Gasteiger partial charge is 0.508 e. The average Bonchev–Trinajstić information content (AvgIpc) is 1.67. The number of rotatable bonds is 15. The number of aromatic nitrogens is 20. The van der Waals surface area contributed by atoms with Crippen LogP contribution >= 0.6 is 0 Å². The molecule has 0 radical (unpaired) electrons. The van der Waals surface area contributed by atoms with E-state index in [0.717, 1.165) is 172 Å². The molecule has 0 unspecified atom stereocenters. The second-order valence-electron chi connectivity index (χ2n) is 36.2. The first kappa shape index (κ1) is 91.6. The van der Waals surface area contributed by atoms with Gasteiger partial charge in [-0.05, 0) is 203 Å². The van der Waals surface area contributed by atoms with E-state index >= 15 is 0 Å². The lowest BCUT2D eigenvalue weighted by Crippen LogP contribution is -2.28. The van der Waals surface area contributed by atoms with Gasteiger partial charge in [0, 0.05) is 75.8 Å². The third-order valence-electron chi connectivity index (χ3n) is 26.5. The van der Waals surface area contributed by atoms with Crippen molar-refractivity contribution in [1.29, 1.82) is 0 Å². The minimum Gasteiger partial charge on any atom is -0.508 e. The van der Waals surface area contributed by atoms with Crippen LogP contribution in [0.3, 0.4) is 0 Å². The summed E-state index contributed by atoms with van der Waals surface area (Å²) < 4.78 is 56.2. The SMILES string of the molecule is Cc1cccc2cc(Cn3nc(-c4cc(O)cc(F)c4)c4c(N)ncnc43)n(C(C)C)c(=O)c12.Cc1cccc2cc(Cn3nc(-c4cc(O)cc(F)c4)c4c(N)ncnc43)n(C3CCCC3)c(=O)c12.Cc1cccc2cc(Cn3nc(-c4ccc(F)c(O)c4)c4c(N)ncnc43)n(C3CCCC3)c(=O)c12.Cc1cccc2cc(Cn3nc(C#C[C@@H](C)O)c4c(N)ncnc43)n(C3CCCC3)c(=O)c12. The van der Waals surface area contributed by atoms with Gasteiger partial charge in [0.25, 0.3) is 22.2 Å². The van der Waals surface area contributed by atoms with Crippen molar-refractivity contribution in [3.8, 4) is 62.9 Å². The Labute approximate surface area is 791 Å². The van der Waals surface area contributed by atoms with Gasteiger partial charge in [-0.15, -0.1) is 0 Å². The number of phenolic OH excluding ortho intramolecular Hbond substituents is 3. The molecule has 0 saturated heterocycles. The lowest BCUT2D eigenvalue weighted by Gasteiger charge is -2.21. The molecule has 0 spiro atoms. The van der Waals surface area contributed by atoms with Gasteiger partial charge in [-0.25, -0.2) is 71.8 Å². The van der Waals surface area contributed by atoms with Gasteiger partial charge in [0.2, 0.25) is 0 Å². The van der Waals surface area contributed by atoms with Gasteiger partial charge in [0.1, 0.15) is 101 Å². The molecule has 0 amide bonds. The molecule has 704 valence electrons. The molecule has 0 aliphatic heterocycles. The topological polar surface area (TPSA) is 447 Å². The highest BCUT2D eigenvalue weighted by atomic mass is 19.1. The van der Waals surface area contributed by atoms with Crippen LogP contribution in [0.2, 0.25) is 0 Å². The van der Waals surface area contributed by atoms with Gasteiger partial charge in [0.05, 0.1) is 69.3 Å². The molecule has 12 aromatic heterocycles. The molecule has 3 fully saturated rings. The molecule has 7 aromatic carbocycles. The van der Waals surface area contributed by atoms with E-state index in [1.165, 1.54) is 67.8 Å². The Hall–Kier alpha value is -16.5. The summed E-state index contributed by atoms with van der Waals surface area (Å²) in [5.74, 6) is 3.65. The maximum absolute atomic E-state index is 14.1.